The monoisotopic (exact) mass is 572 g/mol. The van der Waals surface area contributed by atoms with Gasteiger partial charge in [0.25, 0.3) is 0 Å². The van der Waals surface area contributed by atoms with Crippen LogP contribution in [0.2, 0.25) is 0 Å². The van der Waals surface area contributed by atoms with E-state index in [1.54, 1.807) is 0 Å². The third kappa shape index (κ3) is 2.52. The Bertz CT molecular complexity index is 2830. The van der Waals surface area contributed by atoms with Gasteiger partial charge in [-0.2, -0.15) is 0 Å². The van der Waals surface area contributed by atoms with Gasteiger partial charge in [-0.25, -0.2) is 0 Å². The SMILES string of the molecule is c1ccc2c(c1)Oc1cccc3c1N2B1c2c(cc4c(oc5ccccc54)c2-3)-n2c3c1cccc3c1ccc3ccccc3c12. The molecule has 5 heterocycles. The number of nitrogens with zero attached hydrogens (tertiary/aromatic N) is 2. The smallest absolute Gasteiger partial charge is 0.333 e. The molecule has 0 N–H and O–H groups in total. The predicted octanol–water partition coefficient (Wildman–Crippen LogP) is 9.18. The average molecular weight is 572 g/mol. The van der Waals surface area contributed by atoms with Crippen molar-refractivity contribution in [1.29, 1.82) is 0 Å². The number of benzene rings is 7. The minimum absolute atomic E-state index is 0.0712. The van der Waals surface area contributed by atoms with E-state index < -0.39 is 0 Å². The van der Waals surface area contributed by atoms with E-state index in [0.717, 1.165) is 55.9 Å². The molecule has 0 atom stereocenters. The number of hydrogen-bond donors (Lipinski definition) is 0. The van der Waals surface area contributed by atoms with Crippen molar-refractivity contribution in [3.63, 3.8) is 0 Å². The molecule has 0 saturated carbocycles. The van der Waals surface area contributed by atoms with Crippen LogP contribution in [-0.2, 0) is 0 Å². The highest BCUT2D eigenvalue weighted by molar-refractivity contribution is 6.94. The summed E-state index contributed by atoms with van der Waals surface area (Å²) in [6.45, 7) is -0.0712. The predicted molar refractivity (Wildman–Crippen MR) is 185 cm³/mol. The molecule has 0 bridgehead atoms. The zero-order valence-corrected chi connectivity index (χ0v) is 23.9. The Hall–Kier alpha value is -5.94. The van der Waals surface area contributed by atoms with Crippen molar-refractivity contribution < 1.29 is 9.15 Å². The molecule has 5 heteroatoms. The van der Waals surface area contributed by atoms with Crippen molar-refractivity contribution >= 4 is 83.7 Å². The topological polar surface area (TPSA) is 30.5 Å². The Morgan fingerprint density at radius 1 is 0.556 bits per heavy atom. The van der Waals surface area contributed by atoms with Gasteiger partial charge in [0.05, 0.1) is 22.4 Å². The van der Waals surface area contributed by atoms with Gasteiger partial charge in [0.1, 0.15) is 16.9 Å². The van der Waals surface area contributed by atoms with Crippen molar-refractivity contribution in [1.82, 2.24) is 4.57 Å². The second-order valence-electron chi connectivity index (χ2n) is 12.4. The normalized spacial score (nSPS) is 13.9. The minimum Gasteiger partial charge on any atom is -0.455 e. The Balaban J connectivity index is 1.37. The molecule has 7 aromatic carbocycles. The first kappa shape index (κ1) is 22.6. The summed E-state index contributed by atoms with van der Waals surface area (Å²) in [6.07, 6.45) is 0. The van der Waals surface area contributed by atoms with E-state index in [4.69, 9.17) is 9.15 Å². The van der Waals surface area contributed by atoms with Crippen molar-refractivity contribution in [2.75, 3.05) is 4.81 Å². The van der Waals surface area contributed by atoms with Crippen LogP contribution in [-0.4, -0.2) is 11.4 Å². The summed E-state index contributed by atoms with van der Waals surface area (Å²) < 4.78 is 16.0. The van der Waals surface area contributed by atoms with Crippen LogP contribution in [0.15, 0.2) is 132 Å². The Labute approximate surface area is 257 Å². The molecule has 9 aromatic rings. The molecule has 0 fully saturated rings. The lowest BCUT2D eigenvalue weighted by Gasteiger charge is -2.44. The van der Waals surface area contributed by atoms with E-state index >= 15 is 0 Å². The van der Waals surface area contributed by atoms with Crippen LogP contribution in [0.5, 0.6) is 11.5 Å². The quantitative estimate of drug-likeness (QED) is 0.170. The number of fused-ring (bicyclic) bond motifs is 15. The summed E-state index contributed by atoms with van der Waals surface area (Å²) in [5.41, 5.74) is 12.6. The number of aromatic nitrogens is 1. The molecule has 12 rings (SSSR count). The van der Waals surface area contributed by atoms with Gasteiger partial charge in [-0.15, -0.1) is 0 Å². The fourth-order valence-electron chi connectivity index (χ4n) is 8.63. The lowest BCUT2D eigenvalue weighted by Crippen LogP contribution is -2.61. The molecule has 0 saturated heterocycles. The lowest BCUT2D eigenvalue weighted by molar-refractivity contribution is 0.478. The molecule has 2 aromatic heterocycles. The van der Waals surface area contributed by atoms with Crippen molar-refractivity contribution in [3.8, 4) is 28.3 Å². The van der Waals surface area contributed by atoms with Crippen LogP contribution in [0.25, 0.3) is 71.3 Å². The number of furan rings is 1. The molecule has 0 unspecified atom stereocenters. The molecular formula is C40H21BN2O2. The highest BCUT2D eigenvalue weighted by atomic mass is 16.5. The number of hydrogen-bond acceptors (Lipinski definition) is 3. The van der Waals surface area contributed by atoms with E-state index in [-0.39, 0.29) is 6.85 Å². The fraction of sp³-hybridized carbons (Fsp3) is 0. The lowest BCUT2D eigenvalue weighted by atomic mass is 9.43. The van der Waals surface area contributed by atoms with Gasteiger partial charge in [-0.1, -0.05) is 97.1 Å². The first-order valence-corrected chi connectivity index (χ1v) is 15.5. The standard InChI is InChI=1S/C40H21BN2O2/c1-2-10-23-22(9-1)19-20-26-25-12-7-14-29-38(25)42(37(23)26)31-21-28-24-11-3-5-16-32(24)45-40(28)35-27-13-8-18-34-39(27)43(41(29)36(31)35)30-15-4-6-17-33(30)44-34/h1-21H. The Morgan fingerprint density at radius 2 is 1.33 bits per heavy atom. The number of para-hydroxylation sites is 5. The molecule has 0 radical (unpaired) electrons. The van der Waals surface area contributed by atoms with Gasteiger partial charge in [0.15, 0.2) is 5.75 Å². The summed E-state index contributed by atoms with van der Waals surface area (Å²) in [5.74, 6) is 1.75. The van der Waals surface area contributed by atoms with Crippen molar-refractivity contribution in [3.05, 3.63) is 127 Å². The Kier molecular flexibility index (Phi) is 3.80. The van der Waals surface area contributed by atoms with Crippen LogP contribution >= 0.6 is 0 Å². The third-order valence-corrected chi connectivity index (χ3v) is 10.3. The highest BCUT2D eigenvalue weighted by Crippen LogP contribution is 2.55. The number of anilines is 2. The summed E-state index contributed by atoms with van der Waals surface area (Å²) in [5, 5.41) is 7.32. The van der Waals surface area contributed by atoms with E-state index in [1.165, 1.54) is 49.2 Å². The summed E-state index contributed by atoms with van der Waals surface area (Å²) in [4.78, 5) is 2.53. The van der Waals surface area contributed by atoms with E-state index in [2.05, 4.69) is 137 Å². The molecule has 45 heavy (non-hydrogen) atoms. The van der Waals surface area contributed by atoms with Crippen LogP contribution in [0.3, 0.4) is 0 Å². The molecule has 206 valence electrons. The largest absolute Gasteiger partial charge is 0.455 e. The molecule has 3 aliphatic heterocycles. The van der Waals surface area contributed by atoms with Crippen LogP contribution in [0, 0.1) is 0 Å². The maximum absolute atomic E-state index is 6.81. The molecule has 3 aliphatic rings. The first-order chi connectivity index (χ1) is 22.3. The molecular weight excluding hydrogens is 551 g/mol. The van der Waals surface area contributed by atoms with Crippen molar-refractivity contribution in [2.24, 2.45) is 0 Å². The van der Waals surface area contributed by atoms with Crippen LogP contribution in [0.4, 0.5) is 11.4 Å². The zero-order valence-electron chi connectivity index (χ0n) is 23.9. The first-order valence-electron chi connectivity index (χ1n) is 15.5. The summed E-state index contributed by atoms with van der Waals surface area (Å²) in [6, 6.07) is 45.9. The second-order valence-corrected chi connectivity index (χ2v) is 12.4. The van der Waals surface area contributed by atoms with E-state index in [9.17, 15) is 0 Å². The van der Waals surface area contributed by atoms with Gasteiger partial charge in [-0.3, -0.25) is 0 Å². The van der Waals surface area contributed by atoms with Gasteiger partial charge in [-0.05, 0) is 46.6 Å². The Morgan fingerprint density at radius 3 is 2.31 bits per heavy atom. The maximum Gasteiger partial charge on any atom is 0.333 e. The molecule has 0 spiro atoms. The van der Waals surface area contributed by atoms with Gasteiger partial charge < -0.3 is 18.5 Å². The van der Waals surface area contributed by atoms with E-state index in [1.807, 2.05) is 0 Å². The summed E-state index contributed by atoms with van der Waals surface area (Å²) in [7, 11) is 0. The zero-order chi connectivity index (χ0) is 29.0. The van der Waals surface area contributed by atoms with Gasteiger partial charge >= 0.3 is 6.85 Å². The maximum atomic E-state index is 6.81. The second kappa shape index (κ2) is 7.58. The van der Waals surface area contributed by atoms with Gasteiger partial charge in [0.2, 0.25) is 0 Å². The van der Waals surface area contributed by atoms with Crippen LogP contribution in [0.1, 0.15) is 0 Å². The highest BCUT2D eigenvalue weighted by Gasteiger charge is 2.48. The third-order valence-electron chi connectivity index (χ3n) is 10.3. The molecule has 4 nitrogen and oxygen atoms in total. The molecule has 0 aliphatic carbocycles. The molecule has 0 amide bonds. The average Bonchev–Trinajstić information content (AvgIpc) is 3.64. The minimum atomic E-state index is -0.0712. The fourth-order valence-corrected chi connectivity index (χ4v) is 8.63. The van der Waals surface area contributed by atoms with Gasteiger partial charge in [0, 0.05) is 43.7 Å². The van der Waals surface area contributed by atoms with Crippen LogP contribution < -0.4 is 20.5 Å². The van der Waals surface area contributed by atoms with E-state index in [0.29, 0.717) is 0 Å². The van der Waals surface area contributed by atoms with Crippen molar-refractivity contribution in [2.45, 2.75) is 0 Å². The number of rotatable bonds is 0. The number of ether oxygens (including phenoxy) is 1. The summed E-state index contributed by atoms with van der Waals surface area (Å²) >= 11 is 0.